The summed E-state index contributed by atoms with van der Waals surface area (Å²) < 4.78 is 40.1. The molecule has 0 unspecified atom stereocenters. The summed E-state index contributed by atoms with van der Waals surface area (Å²) in [7, 11) is 0. The van der Waals surface area contributed by atoms with Crippen molar-refractivity contribution in [1.82, 2.24) is 29.5 Å². The maximum absolute atomic E-state index is 13.0. The van der Waals surface area contributed by atoms with Gasteiger partial charge in [0.25, 0.3) is 11.6 Å². The zero-order valence-electron chi connectivity index (χ0n) is 17.9. The van der Waals surface area contributed by atoms with E-state index in [9.17, 15) is 18.0 Å². The van der Waals surface area contributed by atoms with Gasteiger partial charge in [-0.1, -0.05) is 11.6 Å². The number of rotatable bonds is 3. The van der Waals surface area contributed by atoms with Gasteiger partial charge in [-0.05, 0) is 44.0 Å². The zero-order valence-corrected chi connectivity index (χ0v) is 18.7. The third-order valence-corrected chi connectivity index (χ3v) is 6.42. The molecular weight excluding hydrogens is 457 g/mol. The van der Waals surface area contributed by atoms with Gasteiger partial charge in [0.1, 0.15) is 0 Å². The largest absolute Gasteiger partial charge is 0.453 e. The number of carbonyl (C=O) groups is 1. The predicted octanol–water partition coefficient (Wildman–Crippen LogP) is 4.41. The highest BCUT2D eigenvalue weighted by Gasteiger charge is 2.37. The highest BCUT2D eigenvalue weighted by atomic mass is 35.5. The molecule has 0 radical (unpaired) electrons. The van der Waals surface area contributed by atoms with Crippen molar-refractivity contribution in [2.24, 2.45) is 0 Å². The Labute approximate surface area is 191 Å². The summed E-state index contributed by atoms with van der Waals surface area (Å²) in [6.07, 6.45) is -3.36. The Balaban J connectivity index is 1.35. The average molecular weight is 477 g/mol. The third-order valence-electron chi connectivity index (χ3n) is 6.18. The van der Waals surface area contributed by atoms with Gasteiger partial charge in [-0.3, -0.25) is 4.79 Å². The minimum absolute atomic E-state index is 0.0227. The monoisotopic (exact) mass is 476 g/mol. The van der Waals surface area contributed by atoms with E-state index in [1.54, 1.807) is 13.8 Å². The maximum atomic E-state index is 13.0. The molecule has 1 aromatic carbocycles. The average Bonchev–Trinajstić information content (AvgIpc) is 3.34. The van der Waals surface area contributed by atoms with Crippen LogP contribution in [0.25, 0.3) is 16.7 Å². The second-order valence-electron chi connectivity index (χ2n) is 8.24. The molecule has 7 nitrogen and oxygen atoms in total. The van der Waals surface area contributed by atoms with Crippen LogP contribution in [0.3, 0.4) is 0 Å². The molecule has 0 fully saturated rings. The van der Waals surface area contributed by atoms with E-state index >= 15 is 0 Å². The smallest absolute Gasteiger partial charge is 0.358 e. The predicted molar refractivity (Wildman–Crippen MR) is 116 cm³/mol. The fourth-order valence-electron chi connectivity index (χ4n) is 4.48. The van der Waals surface area contributed by atoms with E-state index in [-0.39, 0.29) is 18.1 Å². The Morgan fingerprint density at radius 2 is 2.03 bits per heavy atom. The zero-order chi connectivity index (χ0) is 23.5. The van der Waals surface area contributed by atoms with Crippen molar-refractivity contribution >= 4 is 34.2 Å². The number of fused-ring (bicyclic) bond motifs is 4. The summed E-state index contributed by atoms with van der Waals surface area (Å²) >= 11 is 6.16. The van der Waals surface area contributed by atoms with E-state index in [1.807, 2.05) is 23.1 Å². The van der Waals surface area contributed by atoms with Crippen molar-refractivity contribution in [2.45, 2.75) is 45.8 Å². The van der Waals surface area contributed by atoms with Gasteiger partial charge in [0.2, 0.25) is 5.91 Å². The SMILES string of the molecule is Cc1nc2nc(C(F)(F)F)nn2c(C)c1CCC(=O)N1CCc2[nH]c3ccc(Cl)cc3c2C1. The molecule has 1 aliphatic heterocycles. The van der Waals surface area contributed by atoms with Crippen molar-refractivity contribution in [3.63, 3.8) is 0 Å². The number of benzene rings is 1. The van der Waals surface area contributed by atoms with Crippen molar-refractivity contribution < 1.29 is 18.0 Å². The van der Waals surface area contributed by atoms with Gasteiger partial charge in [0, 0.05) is 64.5 Å². The number of halogens is 4. The van der Waals surface area contributed by atoms with E-state index in [0.29, 0.717) is 41.5 Å². The maximum Gasteiger partial charge on any atom is 0.453 e. The highest BCUT2D eigenvalue weighted by Crippen LogP contribution is 2.30. The van der Waals surface area contributed by atoms with Crippen LogP contribution in [-0.4, -0.2) is 41.9 Å². The molecular formula is C22H20ClF3N6O. The van der Waals surface area contributed by atoms with Crippen LogP contribution in [-0.2, 0) is 30.4 Å². The van der Waals surface area contributed by atoms with Gasteiger partial charge >= 0.3 is 6.18 Å². The molecule has 4 heterocycles. The fourth-order valence-corrected chi connectivity index (χ4v) is 4.65. The van der Waals surface area contributed by atoms with E-state index in [2.05, 4.69) is 20.1 Å². The molecule has 5 rings (SSSR count). The van der Waals surface area contributed by atoms with E-state index in [4.69, 9.17) is 11.6 Å². The second kappa shape index (κ2) is 7.72. The van der Waals surface area contributed by atoms with Gasteiger partial charge in [-0.15, -0.1) is 5.10 Å². The van der Waals surface area contributed by atoms with E-state index < -0.39 is 12.0 Å². The molecule has 1 amide bonds. The Kier molecular flexibility index (Phi) is 5.08. The van der Waals surface area contributed by atoms with Crippen molar-refractivity contribution in [3.8, 4) is 0 Å². The lowest BCUT2D eigenvalue weighted by Gasteiger charge is -2.27. The van der Waals surface area contributed by atoms with E-state index in [0.717, 1.165) is 33.1 Å². The minimum atomic E-state index is -4.65. The number of amides is 1. The molecule has 0 saturated carbocycles. The summed E-state index contributed by atoms with van der Waals surface area (Å²) in [4.78, 5) is 25.9. The van der Waals surface area contributed by atoms with Gasteiger partial charge in [0.05, 0.1) is 0 Å². The van der Waals surface area contributed by atoms with Gasteiger partial charge in [-0.2, -0.15) is 18.2 Å². The summed E-state index contributed by atoms with van der Waals surface area (Å²) in [5, 5.41) is 5.22. The van der Waals surface area contributed by atoms with Gasteiger partial charge in [0.15, 0.2) is 0 Å². The topological polar surface area (TPSA) is 79.2 Å². The van der Waals surface area contributed by atoms with Gasteiger partial charge < -0.3 is 9.88 Å². The number of aromatic amines is 1. The number of H-pyrrole nitrogens is 1. The van der Waals surface area contributed by atoms with Crippen LogP contribution >= 0.6 is 11.6 Å². The van der Waals surface area contributed by atoms with Crippen LogP contribution in [0.2, 0.25) is 5.02 Å². The number of aromatic nitrogens is 5. The third kappa shape index (κ3) is 3.82. The van der Waals surface area contributed by atoms with Crippen LogP contribution in [0.5, 0.6) is 0 Å². The molecule has 11 heteroatoms. The van der Waals surface area contributed by atoms with Crippen LogP contribution < -0.4 is 0 Å². The lowest BCUT2D eigenvalue weighted by atomic mass is 10.0. The molecule has 1 aliphatic rings. The highest BCUT2D eigenvalue weighted by molar-refractivity contribution is 6.31. The molecule has 0 saturated heterocycles. The molecule has 3 aromatic heterocycles. The molecule has 0 aliphatic carbocycles. The Hall–Kier alpha value is -3.14. The summed E-state index contributed by atoms with van der Waals surface area (Å²) in [5.74, 6) is -1.35. The fraction of sp³-hybridized carbons (Fsp3) is 0.364. The molecule has 0 atom stereocenters. The van der Waals surface area contributed by atoms with Crippen LogP contribution in [0, 0.1) is 13.8 Å². The number of nitrogens with one attached hydrogen (secondary N) is 1. The number of alkyl halides is 3. The number of hydrogen-bond donors (Lipinski definition) is 1. The lowest BCUT2D eigenvalue weighted by molar-refractivity contribution is -0.144. The summed E-state index contributed by atoms with van der Waals surface area (Å²) in [6, 6.07) is 5.67. The molecule has 0 spiro atoms. The number of nitrogens with zero attached hydrogens (tertiary/aromatic N) is 5. The first-order chi connectivity index (χ1) is 15.6. The number of hydrogen-bond acceptors (Lipinski definition) is 4. The van der Waals surface area contributed by atoms with Gasteiger partial charge in [-0.25, -0.2) is 9.50 Å². The molecule has 1 N–H and O–H groups in total. The number of aryl methyl sites for hydroxylation is 2. The summed E-state index contributed by atoms with van der Waals surface area (Å²) in [5.41, 5.74) is 4.93. The van der Waals surface area contributed by atoms with Crippen LogP contribution in [0.4, 0.5) is 13.2 Å². The minimum Gasteiger partial charge on any atom is -0.358 e. The van der Waals surface area contributed by atoms with Crippen molar-refractivity contribution in [3.05, 3.63) is 57.3 Å². The van der Waals surface area contributed by atoms with E-state index in [1.165, 1.54) is 0 Å². The first-order valence-electron chi connectivity index (χ1n) is 10.5. The molecule has 0 bridgehead atoms. The van der Waals surface area contributed by atoms with Crippen molar-refractivity contribution in [2.75, 3.05) is 6.54 Å². The van der Waals surface area contributed by atoms with Crippen molar-refractivity contribution in [1.29, 1.82) is 0 Å². The standard InChI is InChI=1S/C22H20ClF3N6O/c1-11-14(12(2)32-21(27-11)29-20(30-32)22(24,25)26)4-6-19(33)31-8-7-18-16(10-31)15-9-13(23)3-5-17(15)28-18/h3,5,9,28H,4,6-8,10H2,1-2H3. The van der Waals surface area contributed by atoms with Crippen LogP contribution in [0.15, 0.2) is 18.2 Å². The molecule has 33 heavy (non-hydrogen) atoms. The first-order valence-corrected chi connectivity index (χ1v) is 10.9. The lowest BCUT2D eigenvalue weighted by Crippen LogP contribution is -2.36. The first kappa shape index (κ1) is 21.7. The Morgan fingerprint density at radius 1 is 1.24 bits per heavy atom. The normalized spacial score (nSPS) is 14.3. The Morgan fingerprint density at radius 3 is 2.79 bits per heavy atom. The second-order valence-corrected chi connectivity index (χ2v) is 8.68. The molecule has 172 valence electrons. The summed E-state index contributed by atoms with van der Waals surface area (Å²) in [6.45, 7) is 4.46. The quantitative estimate of drug-likeness (QED) is 0.475. The van der Waals surface area contributed by atoms with Crippen LogP contribution in [0.1, 0.15) is 40.5 Å². The molecule has 4 aromatic rings. The Bertz CT molecular complexity index is 1410. The number of carbonyl (C=O) groups excluding carboxylic acids is 1.